The highest BCUT2D eigenvalue weighted by Gasteiger charge is 2.25. The van der Waals surface area contributed by atoms with Crippen LogP contribution in [0.4, 0.5) is 8.78 Å². The van der Waals surface area contributed by atoms with E-state index in [9.17, 15) is 18.4 Å². The first-order valence-electron chi connectivity index (χ1n) is 10.4. The first-order chi connectivity index (χ1) is 15.9. The van der Waals surface area contributed by atoms with Gasteiger partial charge in [0.2, 0.25) is 5.91 Å². The van der Waals surface area contributed by atoms with Crippen LogP contribution in [0.3, 0.4) is 0 Å². The minimum absolute atomic E-state index is 0.0765. The quantitative estimate of drug-likeness (QED) is 0.421. The maximum absolute atomic E-state index is 13.8. The molecule has 0 unspecified atom stereocenters. The van der Waals surface area contributed by atoms with Gasteiger partial charge >= 0.3 is 0 Å². The predicted octanol–water partition coefficient (Wildman–Crippen LogP) is 3.35. The zero-order chi connectivity index (χ0) is 23.1. The van der Waals surface area contributed by atoms with Gasteiger partial charge in [0.1, 0.15) is 17.2 Å². The second kappa shape index (κ2) is 8.09. The lowest BCUT2D eigenvalue weighted by Crippen LogP contribution is -2.18. The Hall–Kier alpha value is -4.14. The molecule has 5 rings (SSSR count). The first kappa shape index (κ1) is 20.7. The van der Waals surface area contributed by atoms with Crippen LogP contribution in [0.2, 0.25) is 0 Å². The molecule has 1 aliphatic rings. The van der Waals surface area contributed by atoms with E-state index < -0.39 is 23.5 Å². The molecular weight excluding hydrogens is 428 g/mol. The fourth-order valence-electron chi connectivity index (χ4n) is 4.34. The number of nitrogens with one attached hydrogen (secondary N) is 2. The van der Waals surface area contributed by atoms with Gasteiger partial charge in [0.25, 0.3) is 5.91 Å². The van der Waals surface area contributed by atoms with Gasteiger partial charge in [0.05, 0.1) is 17.4 Å². The Balaban J connectivity index is 1.66. The van der Waals surface area contributed by atoms with Crippen molar-refractivity contribution >= 4 is 22.8 Å². The lowest BCUT2D eigenvalue weighted by molar-refractivity contribution is -0.118. The Morgan fingerprint density at radius 3 is 2.64 bits per heavy atom. The third-order valence-electron chi connectivity index (χ3n) is 5.80. The van der Waals surface area contributed by atoms with Crippen LogP contribution in [0.25, 0.3) is 22.2 Å². The number of H-pyrrole nitrogens is 1. The van der Waals surface area contributed by atoms with Gasteiger partial charge in [-0.3, -0.25) is 14.7 Å². The van der Waals surface area contributed by atoms with Crippen LogP contribution in [0.15, 0.2) is 48.7 Å². The highest BCUT2D eigenvalue weighted by Crippen LogP contribution is 2.35. The topological polar surface area (TPSA) is 114 Å². The van der Waals surface area contributed by atoms with Crippen LogP contribution in [-0.4, -0.2) is 27.0 Å². The zero-order valence-corrected chi connectivity index (χ0v) is 17.4. The predicted molar refractivity (Wildman–Crippen MR) is 117 cm³/mol. The monoisotopic (exact) mass is 447 g/mol. The number of primary amides is 1. The Kier molecular flexibility index (Phi) is 5.08. The van der Waals surface area contributed by atoms with E-state index in [0.29, 0.717) is 40.0 Å². The van der Waals surface area contributed by atoms with Crippen LogP contribution in [0.5, 0.6) is 0 Å². The number of fused-ring (bicyclic) bond motifs is 2. The summed E-state index contributed by atoms with van der Waals surface area (Å²) in [5.41, 5.74) is 10.6. The van der Waals surface area contributed by atoms with Crippen LogP contribution >= 0.6 is 0 Å². The molecule has 0 spiro atoms. The molecule has 2 aromatic carbocycles. The maximum atomic E-state index is 13.8. The van der Waals surface area contributed by atoms with E-state index in [2.05, 4.69) is 15.5 Å². The van der Waals surface area contributed by atoms with Crippen molar-refractivity contribution in [3.05, 3.63) is 82.7 Å². The van der Waals surface area contributed by atoms with E-state index in [4.69, 9.17) is 10.7 Å². The number of hydrogen-bond acceptors (Lipinski definition) is 4. The second-order valence-electron chi connectivity index (χ2n) is 8.13. The van der Waals surface area contributed by atoms with Gasteiger partial charge in [-0.15, -0.1) is 0 Å². The largest absolute Gasteiger partial charge is 0.370 e. The third-order valence-corrected chi connectivity index (χ3v) is 5.80. The number of hydrogen-bond donors (Lipinski definition) is 3. The molecule has 0 saturated heterocycles. The van der Waals surface area contributed by atoms with Crippen molar-refractivity contribution in [2.45, 2.75) is 25.3 Å². The molecular formula is C24H19F2N5O2. The summed E-state index contributed by atoms with van der Waals surface area (Å²) in [6.07, 6.45) is 1.63. The number of benzene rings is 2. The normalized spacial score (nSPS) is 13.7. The number of aromatic amines is 1. The summed E-state index contributed by atoms with van der Waals surface area (Å²) < 4.78 is 27.6. The molecule has 9 heteroatoms. The summed E-state index contributed by atoms with van der Waals surface area (Å²) in [6, 6.07) is 10.6. The van der Waals surface area contributed by atoms with E-state index in [0.717, 1.165) is 17.2 Å². The molecule has 0 aliphatic carbocycles. The molecule has 7 nitrogen and oxygen atoms in total. The minimum Gasteiger partial charge on any atom is -0.370 e. The first-order valence-corrected chi connectivity index (χ1v) is 10.4. The number of nitrogens with zero attached hydrogens (tertiary/aromatic N) is 2. The van der Waals surface area contributed by atoms with Crippen LogP contribution in [0, 0.1) is 11.6 Å². The summed E-state index contributed by atoms with van der Waals surface area (Å²) >= 11 is 0. The van der Waals surface area contributed by atoms with Gasteiger partial charge in [0.15, 0.2) is 0 Å². The van der Waals surface area contributed by atoms with E-state index in [1.807, 2.05) is 18.2 Å². The molecule has 2 aromatic heterocycles. The lowest BCUT2D eigenvalue weighted by Gasteiger charge is -2.19. The fourth-order valence-corrected chi connectivity index (χ4v) is 4.34. The Bertz CT molecular complexity index is 1400. The molecule has 33 heavy (non-hydrogen) atoms. The number of nitrogens with two attached hydrogens (primary N) is 1. The number of rotatable bonds is 6. The fraction of sp³-hybridized carbons (Fsp3) is 0.167. The summed E-state index contributed by atoms with van der Waals surface area (Å²) in [4.78, 5) is 28.9. The Morgan fingerprint density at radius 2 is 1.88 bits per heavy atom. The number of amides is 2. The van der Waals surface area contributed by atoms with Crippen molar-refractivity contribution < 1.29 is 18.4 Å². The smallest absolute Gasteiger partial charge is 0.251 e. The van der Waals surface area contributed by atoms with Crippen molar-refractivity contribution in [1.29, 1.82) is 0 Å². The Labute approximate surface area is 187 Å². The number of pyridine rings is 1. The molecule has 1 atom stereocenters. The van der Waals surface area contributed by atoms with Gasteiger partial charge < -0.3 is 11.1 Å². The minimum atomic E-state index is -0.703. The van der Waals surface area contributed by atoms with E-state index in [1.54, 1.807) is 12.3 Å². The highest BCUT2D eigenvalue weighted by molar-refractivity contribution is 5.99. The SMILES string of the molecule is NC(=O)C[C@H](Cc1cc(F)cc(F)c1)c1nc2cn[nH]c2cc1-c1ccc2c(c1)C(=O)NC2. The molecule has 4 N–H and O–H groups in total. The second-order valence-corrected chi connectivity index (χ2v) is 8.13. The Morgan fingerprint density at radius 1 is 1.09 bits per heavy atom. The van der Waals surface area contributed by atoms with Crippen LogP contribution < -0.4 is 11.1 Å². The lowest BCUT2D eigenvalue weighted by atomic mass is 9.87. The highest BCUT2D eigenvalue weighted by atomic mass is 19.1. The van der Waals surface area contributed by atoms with Crippen molar-refractivity contribution in [3.63, 3.8) is 0 Å². The van der Waals surface area contributed by atoms with E-state index >= 15 is 0 Å². The zero-order valence-electron chi connectivity index (χ0n) is 17.4. The van der Waals surface area contributed by atoms with Gasteiger partial charge in [-0.25, -0.2) is 13.8 Å². The molecule has 3 heterocycles. The van der Waals surface area contributed by atoms with Gasteiger partial charge in [0, 0.05) is 36.1 Å². The summed E-state index contributed by atoms with van der Waals surface area (Å²) in [6.45, 7) is 0.467. The molecule has 1 aliphatic heterocycles. The summed E-state index contributed by atoms with van der Waals surface area (Å²) in [5.74, 6) is -2.69. The molecule has 166 valence electrons. The van der Waals surface area contributed by atoms with Gasteiger partial charge in [-0.05, 0) is 47.4 Å². The molecule has 0 saturated carbocycles. The van der Waals surface area contributed by atoms with Crippen LogP contribution in [0.1, 0.15) is 39.5 Å². The summed E-state index contributed by atoms with van der Waals surface area (Å²) in [7, 11) is 0. The molecule has 2 amide bonds. The van der Waals surface area contributed by atoms with Crippen molar-refractivity contribution in [3.8, 4) is 11.1 Å². The van der Waals surface area contributed by atoms with Gasteiger partial charge in [-0.1, -0.05) is 12.1 Å². The molecule has 0 bridgehead atoms. The van der Waals surface area contributed by atoms with E-state index in [1.165, 1.54) is 12.1 Å². The van der Waals surface area contributed by atoms with Gasteiger partial charge in [-0.2, -0.15) is 5.10 Å². The number of halogens is 2. The summed E-state index contributed by atoms with van der Waals surface area (Å²) in [5, 5.41) is 9.70. The average molecular weight is 447 g/mol. The number of aromatic nitrogens is 3. The standard InChI is InChI=1S/C24H19F2N5O2/c25-16-4-12(5-17(26)8-16)3-15(7-22(27)32)23-18(9-20-21(30-23)11-29-31-20)13-1-2-14-10-28-24(33)19(14)6-13/h1-2,4-6,8-9,11,15H,3,7,10H2,(H2,27,32)(H,28,33)(H,29,31)/t15-/m0/s1. The van der Waals surface area contributed by atoms with Crippen molar-refractivity contribution in [2.75, 3.05) is 0 Å². The average Bonchev–Trinajstić information content (AvgIpc) is 3.37. The van der Waals surface area contributed by atoms with E-state index in [-0.39, 0.29) is 18.7 Å². The van der Waals surface area contributed by atoms with Crippen molar-refractivity contribution in [2.24, 2.45) is 5.73 Å². The maximum Gasteiger partial charge on any atom is 0.251 e. The molecule has 0 fully saturated rings. The van der Waals surface area contributed by atoms with Crippen LogP contribution in [-0.2, 0) is 17.8 Å². The van der Waals surface area contributed by atoms with Crippen molar-refractivity contribution in [1.82, 2.24) is 20.5 Å². The third kappa shape index (κ3) is 4.05. The number of carbonyl (C=O) groups is 2. The molecule has 0 radical (unpaired) electrons. The molecule has 4 aromatic rings. The number of carbonyl (C=O) groups excluding carboxylic acids is 2.